The monoisotopic (exact) mass is 521 g/mol. The molecule has 8 nitrogen and oxygen atoms in total. The molecule has 184 valence electrons. The second-order valence-corrected chi connectivity index (χ2v) is 9.12. The summed E-state index contributed by atoms with van der Waals surface area (Å²) >= 11 is 7.19. The van der Waals surface area contributed by atoms with Crippen LogP contribution in [-0.2, 0) is 11.2 Å². The van der Waals surface area contributed by atoms with Crippen molar-refractivity contribution in [2.45, 2.75) is 19.4 Å². The van der Waals surface area contributed by atoms with Gasteiger partial charge in [-0.1, -0.05) is 65.4 Å². The van der Waals surface area contributed by atoms with E-state index in [0.29, 0.717) is 39.6 Å². The van der Waals surface area contributed by atoms with Gasteiger partial charge in [0.25, 0.3) is 0 Å². The number of aromatic nitrogens is 2. The molecule has 1 aromatic heterocycles. The summed E-state index contributed by atoms with van der Waals surface area (Å²) in [5, 5.41) is 18.1. The van der Waals surface area contributed by atoms with E-state index in [9.17, 15) is 9.59 Å². The summed E-state index contributed by atoms with van der Waals surface area (Å²) in [6.45, 7) is 2.46. The minimum Gasteiger partial charge on any atom is -0.494 e. The maximum atomic E-state index is 13.2. The third kappa shape index (κ3) is 7.03. The molecule has 4 rings (SSSR count). The number of rotatable bonds is 9. The summed E-state index contributed by atoms with van der Waals surface area (Å²) in [4.78, 5) is 25.9. The zero-order valence-electron chi connectivity index (χ0n) is 19.4. The predicted molar refractivity (Wildman–Crippen MR) is 143 cm³/mol. The van der Waals surface area contributed by atoms with Gasteiger partial charge >= 0.3 is 6.03 Å². The largest absolute Gasteiger partial charge is 0.494 e. The molecule has 1 heterocycles. The van der Waals surface area contributed by atoms with Crippen LogP contribution in [0.25, 0.3) is 10.6 Å². The van der Waals surface area contributed by atoms with E-state index in [0.717, 1.165) is 11.1 Å². The summed E-state index contributed by atoms with van der Waals surface area (Å²) in [5.74, 6) is 0.305. The second-order valence-electron chi connectivity index (χ2n) is 7.71. The van der Waals surface area contributed by atoms with Crippen molar-refractivity contribution in [2.75, 3.05) is 17.2 Å². The number of benzene rings is 3. The zero-order valence-corrected chi connectivity index (χ0v) is 21.0. The van der Waals surface area contributed by atoms with Crippen LogP contribution in [0.5, 0.6) is 5.75 Å². The number of hydrogen-bond donors (Lipinski definition) is 3. The Bertz CT molecular complexity index is 1300. The fourth-order valence-electron chi connectivity index (χ4n) is 3.36. The average molecular weight is 522 g/mol. The third-order valence-electron chi connectivity index (χ3n) is 5.07. The first-order chi connectivity index (χ1) is 17.5. The molecule has 0 saturated carbocycles. The van der Waals surface area contributed by atoms with Crippen molar-refractivity contribution >= 4 is 45.7 Å². The Morgan fingerprint density at radius 2 is 1.67 bits per heavy atom. The number of nitrogens with one attached hydrogen (secondary N) is 3. The first-order valence-corrected chi connectivity index (χ1v) is 12.4. The van der Waals surface area contributed by atoms with Crippen LogP contribution in [0.15, 0.2) is 78.9 Å². The lowest BCUT2D eigenvalue weighted by Crippen LogP contribution is -2.46. The molecule has 10 heteroatoms. The van der Waals surface area contributed by atoms with Gasteiger partial charge in [-0.2, -0.15) is 0 Å². The minimum absolute atomic E-state index is 0.298. The van der Waals surface area contributed by atoms with Crippen LogP contribution in [0.1, 0.15) is 12.5 Å². The molecule has 0 aliphatic rings. The molecule has 3 N–H and O–H groups in total. The Kier molecular flexibility index (Phi) is 8.48. The average Bonchev–Trinajstić information content (AvgIpc) is 3.34. The molecule has 0 unspecified atom stereocenters. The number of carbonyl (C=O) groups excluding carboxylic acids is 2. The second kappa shape index (κ2) is 12.1. The fraction of sp³-hybridized carbons (Fsp3) is 0.154. The lowest BCUT2D eigenvalue weighted by molar-refractivity contribution is -0.117. The molecule has 1 atom stereocenters. The molecule has 3 amide bonds. The number of ether oxygens (including phenoxy) is 1. The molecule has 0 bridgehead atoms. The van der Waals surface area contributed by atoms with Crippen LogP contribution in [-0.4, -0.2) is 34.8 Å². The molecule has 4 aromatic rings. The maximum absolute atomic E-state index is 13.2. The Morgan fingerprint density at radius 1 is 0.944 bits per heavy atom. The molecule has 0 saturated heterocycles. The van der Waals surface area contributed by atoms with Crippen molar-refractivity contribution in [2.24, 2.45) is 0 Å². The molecule has 0 fully saturated rings. The smallest absolute Gasteiger partial charge is 0.319 e. The van der Waals surface area contributed by atoms with Gasteiger partial charge in [0.15, 0.2) is 0 Å². The number of anilines is 2. The van der Waals surface area contributed by atoms with Crippen molar-refractivity contribution in [1.82, 2.24) is 15.5 Å². The van der Waals surface area contributed by atoms with Crippen molar-refractivity contribution in [3.63, 3.8) is 0 Å². The van der Waals surface area contributed by atoms with Crippen LogP contribution < -0.4 is 20.7 Å². The summed E-state index contributed by atoms with van der Waals surface area (Å²) in [5.41, 5.74) is 2.32. The summed E-state index contributed by atoms with van der Waals surface area (Å²) in [7, 11) is 0. The Labute approximate surface area is 217 Å². The molecule has 0 aliphatic heterocycles. The number of halogens is 1. The standard InChI is InChI=1S/C26H24ClN5O3S/c1-2-35-21-14-12-20(13-15-21)28-25(34)29-22(16-17-6-4-3-5-7-17)23(33)30-26-32-31-24(36-26)18-8-10-19(27)11-9-18/h3-15,22H,2,16H2,1H3,(H2,28,29,34)(H,30,32,33)/t22-/m0/s1. The highest BCUT2D eigenvalue weighted by atomic mass is 35.5. The fourth-order valence-corrected chi connectivity index (χ4v) is 4.24. The number of nitrogens with zero attached hydrogens (tertiary/aromatic N) is 2. The van der Waals surface area contributed by atoms with Crippen molar-refractivity contribution < 1.29 is 14.3 Å². The maximum Gasteiger partial charge on any atom is 0.319 e. The molecule has 36 heavy (non-hydrogen) atoms. The molecular formula is C26H24ClN5O3S. The first kappa shape index (κ1) is 25.2. The lowest BCUT2D eigenvalue weighted by atomic mass is 10.1. The van der Waals surface area contributed by atoms with Crippen molar-refractivity contribution in [3.8, 4) is 16.3 Å². The quantitative estimate of drug-likeness (QED) is 0.265. The highest BCUT2D eigenvalue weighted by Crippen LogP contribution is 2.27. The number of urea groups is 1. The lowest BCUT2D eigenvalue weighted by Gasteiger charge is -2.18. The van der Waals surface area contributed by atoms with Crippen molar-refractivity contribution in [3.05, 3.63) is 89.4 Å². The van der Waals surface area contributed by atoms with E-state index < -0.39 is 18.0 Å². The van der Waals surface area contributed by atoms with Gasteiger partial charge in [0.1, 0.15) is 16.8 Å². The van der Waals surface area contributed by atoms with E-state index in [1.165, 1.54) is 11.3 Å². The van der Waals surface area contributed by atoms with Gasteiger partial charge < -0.3 is 15.4 Å². The molecule has 0 aliphatic carbocycles. The zero-order chi connectivity index (χ0) is 25.3. The van der Waals surface area contributed by atoms with Gasteiger partial charge in [0.05, 0.1) is 6.61 Å². The van der Waals surface area contributed by atoms with Gasteiger partial charge in [0.2, 0.25) is 11.0 Å². The van der Waals surface area contributed by atoms with Crippen LogP contribution in [0.2, 0.25) is 5.02 Å². The first-order valence-electron chi connectivity index (χ1n) is 11.2. The summed E-state index contributed by atoms with van der Waals surface area (Å²) < 4.78 is 5.42. The van der Waals surface area contributed by atoms with Crippen molar-refractivity contribution in [1.29, 1.82) is 0 Å². The minimum atomic E-state index is -0.849. The van der Waals surface area contributed by atoms with E-state index in [-0.39, 0.29) is 0 Å². The Morgan fingerprint density at radius 3 is 2.36 bits per heavy atom. The predicted octanol–water partition coefficient (Wildman–Crippen LogP) is 5.63. The molecular weight excluding hydrogens is 498 g/mol. The number of hydrogen-bond acceptors (Lipinski definition) is 6. The van der Waals surface area contributed by atoms with Gasteiger partial charge in [-0.25, -0.2) is 4.79 Å². The normalized spacial score (nSPS) is 11.4. The molecule has 0 spiro atoms. The van der Waals surface area contributed by atoms with Crippen LogP contribution in [0.3, 0.4) is 0 Å². The van der Waals surface area contributed by atoms with E-state index in [4.69, 9.17) is 16.3 Å². The number of carbonyl (C=O) groups is 2. The van der Waals surface area contributed by atoms with E-state index in [1.54, 1.807) is 36.4 Å². The van der Waals surface area contributed by atoms with Crippen LogP contribution >= 0.6 is 22.9 Å². The highest BCUT2D eigenvalue weighted by molar-refractivity contribution is 7.18. The number of amides is 3. The molecule has 0 radical (unpaired) electrons. The Hall–Kier alpha value is -3.95. The van der Waals surface area contributed by atoms with E-state index >= 15 is 0 Å². The van der Waals surface area contributed by atoms with Crippen LogP contribution in [0.4, 0.5) is 15.6 Å². The van der Waals surface area contributed by atoms with E-state index in [2.05, 4.69) is 26.1 Å². The van der Waals surface area contributed by atoms with E-state index in [1.807, 2.05) is 49.4 Å². The van der Waals surface area contributed by atoms with Gasteiger partial charge in [-0.05, 0) is 48.9 Å². The topological polar surface area (TPSA) is 105 Å². The van der Waals surface area contributed by atoms with Gasteiger partial charge in [-0.3, -0.25) is 10.1 Å². The third-order valence-corrected chi connectivity index (χ3v) is 6.21. The Balaban J connectivity index is 1.44. The van der Waals surface area contributed by atoms with Gasteiger partial charge in [-0.15, -0.1) is 10.2 Å². The van der Waals surface area contributed by atoms with Crippen LogP contribution in [0, 0.1) is 0 Å². The van der Waals surface area contributed by atoms with Gasteiger partial charge in [0, 0.05) is 22.7 Å². The molecule has 3 aromatic carbocycles. The summed E-state index contributed by atoms with van der Waals surface area (Å²) in [6.07, 6.45) is 0.298. The SMILES string of the molecule is CCOc1ccc(NC(=O)N[C@@H](Cc2ccccc2)C(=O)Nc2nnc(-c3ccc(Cl)cc3)s2)cc1. The summed E-state index contributed by atoms with van der Waals surface area (Å²) in [6, 6.07) is 22.3. The highest BCUT2D eigenvalue weighted by Gasteiger charge is 2.23.